The topological polar surface area (TPSA) is 87.3 Å². The van der Waals surface area contributed by atoms with Gasteiger partial charge in [-0.3, -0.25) is 5.43 Å². The van der Waals surface area contributed by atoms with Gasteiger partial charge in [-0.25, -0.2) is 17.6 Å². The third-order valence-corrected chi connectivity index (χ3v) is 4.63. The van der Waals surface area contributed by atoms with E-state index in [2.05, 4.69) is 10.7 Å². The quantitative estimate of drug-likeness (QED) is 0.738. The molecule has 1 aliphatic rings. The second kappa shape index (κ2) is 6.86. The second-order valence-corrected chi connectivity index (χ2v) is 6.68. The Morgan fingerprint density at radius 1 is 1.10 bits per heavy atom. The van der Waals surface area contributed by atoms with Crippen molar-refractivity contribution >= 4 is 16.1 Å². The Bertz CT molecular complexity index is 583. The van der Waals surface area contributed by atoms with E-state index in [1.165, 1.54) is 0 Å². The third kappa shape index (κ3) is 4.68. The summed E-state index contributed by atoms with van der Waals surface area (Å²) in [5.74, 6) is -0.531. The average molecular weight is 315 g/mol. The first-order valence-electron chi connectivity index (χ1n) is 6.81. The van der Waals surface area contributed by atoms with Gasteiger partial charge in [0, 0.05) is 6.04 Å². The molecule has 8 heteroatoms. The predicted molar refractivity (Wildman–Crippen MR) is 75.3 cm³/mol. The van der Waals surface area contributed by atoms with Gasteiger partial charge in [0.2, 0.25) is 0 Å². The van der Waals surface area contributed by atoms with Crippen molar-refractivity contribution in [3.05, 3.63) is 30.1 Å². The number of hydrazine groups is 1. The molecule has 1 aliphatic carbocycles. The number of hydrogen-bond acceptors (Lipinski definition) is 3. The maximum Gasteiger partial charge on any atom is 0.330 e. The Morgan fingerprint density at radius 2 is 1.71 bits per heavy atom. The molecule has 0 aromatic heterocycles. The maximum atomic E-state index is 12.8. The summed E-state index contributed by atoms with van der Waals surface area (Å²) in [5, 5.41) is 2.72. The van der Waals surface area contributed by atoms with Crippen LogP contribution in [0.5, 0.6) is 0 Å². The molecule has 116 valence electrons. The number of sulfonamides is 1. The van der Waals surface area contributed by atoms with Gasteiger partial charge in [-0.05, 0) is 37.1 Å². The monoisotopic (exact) mass is 315 g/mol. The van der Waals surface area contributed by atoms with E-state index in [0.717, 1.165) is 56.4 Å². The van der Waals surface area contributed by atoms with E-state index in [9.17, 15) is 17.6 Å². The Labute approximate surface area is 123 Å². The third-order valence-electron chi connectivity index (χ3n) is 3.36. The fraction of sp³-hybridized carbons (Fsp3) is 0.462. The smallest absolute Gasteiger partial charge is 0.330 e. The fourth-order valence-corrected chi connectivity index (χ4v) is 3.09. The van der Waals surface area contributed by atoms with Crippen molar-refractivity contribution < 1.29 is 17.6 Å². The Hall–Kier alpha value is -1.67. The van der Waals surface area contributed by atoms with E-state index in [1.54, 1.807) is 0 Å². The molecule has 0 unspecified atom stereocenters. The first-order valence-corrected chi connectivity index (χ1v) is 8.29. The van der Waals surface area contributed by atoms with Crippen LogP contribution in [-0.4, -0.2) is 20.5 Å². The molecule has 6 nitrogen and oxygen atoms in total. The van der Waals surface area contributed by atoms with Crippen LogP contribution >= 0.6 is 0 Å². The number of nitrogens with one attached hydrogen (secondary N) is 3. The van der Waals surface area contributed by atoms with Crippen molar-refractivity contribution in [3.8, 4) is 0 Å². The lowest BCUT2D eigenvalue weighted by Crippen LogP contribution is -2.50. The standard InChI is InChI=1S/C13H18FN3O3S/c14-10-6-8-12(9-7-10)21(19,20)17-16-13(18)15-11-4-2-1-3-5-11/h6-9,11,17H,1-5H2,(H2,15,16,18). The van der Waals surface area contributed by atoms with Gasteiger partial charge in [-0.15, -0.1) is 4.83 Å². The molecule has 3 N–H and O–H groups in total. The molecule has 2 amide bonds. The van der Waals surface area contributed by atoms with E-state index in [0.29, 0.717) is 0 Å². The van der Waals surface area contributed by atoms with E-state index in [4.69, 9.17) is 0 Å². The molecule has 0 aliphatic heterocycles. The number of benzene rings is 1. The highest BCUT2D eigenvalue weighted by Crippen LogP contribution is 2.17. The van der Waals surface area contributed by atoms with Gasteiger partial charge >= 0.3 is 6.03 Å². The molecule has 0 spiro atoms. The van der Waals surface area contributed by atoms with Gasteiger partial charge in [-0.1, -0.05) is 19.3 Å². The van der Waals surface area contributed by atoms with Crippen LogP contribution in [0.3, 0.4) is 0 Å². The summed E-state index contributed by atoms with van der Waals surface area (Å²) in [6.07, 6.45) is 5.09. The SMILES string of the molecule is O=C(NNS(=O)(=O)c1ccc(F)cc1)NC1CCCCC1. The van der Waals surface area contributed by atoms with Crippen molar-refractivity contribution in [1.82, 2.24) is 15.6 Å². The second-order valence-electron chi connectivity index (χ2n) is 4.99. The number of amides is 2. The van der Waals surface area contributed by atoms with Crippen molar-refractivity contribution in [3.63, 3.8) is 0 Å². The number of rotatable bonds is 4. The van der Waals surface area contributed by atoms with Crippen LogP contribution in [0.4, 0.5) is 9.18 Å². The Kier molecular flexibility index (Phi) is 5.13. The van der Waals surface area contributed by atoms with Crippen LogP contribution in [0, 0.1) is 5.82 Å². The van der Waals surface area contributed by atoms with Gasteiger partial charge in [-0.2, -0.15) is 0 Å². The normalized spacial score (nSPS) is 16.4. The molecular weight excluding hydrogens is 297 g/mol. The van der Waals surface area contributed by atoms with Crippen molar-refractivity contribution in [1.29, 1.82) is 0 Å². The summed E-state index contributed by atoms with van der Waals surface area (Å²) in [5.41, 5.74) is 2.10. The Morgan fingerprint density at radius 3 is 2.33 bits per heavy atom. The van der Waals surface area contributed by atoms with Gasteiger partial charge in [0.15, 0.2) is 0 Å². The maximum absolute atomic E-state index is 12.8. The van der Waals surface area contributed by atoms with Crippen LogP contribution in [-0.2, 0) is 10.0 Å². The Balaban J connectivity index is 1.86. The molecule has 2 rings (SSSR count). The minimum atomic E-state index is -3.90. The number of halogens is 1. The predicted octanol–water partition coefficient (Wildman–Crippen LogP) is 1.65. The lowest BCUT2D eigenvalue weighted by Gasteiger charge is -2.22. The van der Waals surface area contributed by atoms with Crippen LogP contribution < -0.4 is 15.6 Å². The van der Waals surface area contributed by atoms with E-state index in [-0.39, 0.29) is 10.9 Å². The van der Waals surface area contributed by atoms with Crippen molar-refractivity contribution in [2.45, 2.75) is 43.0 Å². The molecule has 1 aromatic carbocycles. The van der Waals surface area contributed by atoms with Crippen LogP contribution in [0.15, 0.2) is 29.2 Å². The zero-order valence-corrected chi connectivity index (χ0v) is 12.2. The van der Waals surface area contributed by atoms with E-state index < -0.39 is 21.9 Å². The fourth-order valence-electron chi connectivity index (χ4n) is 2.25. The van der Waals surface area contributed by atoms with Gasteiger partial charge in [0.05, 0.1) is 4.90 Å². The summed E-state index contributed by atoms with van der Waals surface area (Å²) in [6.45, 7) is 0. The molecule has 0 radical (unpaired) electrons. The molecule has 21 heavy (non-hydrogen) atoms. The largest absolute Gasteiger partial charge is 0.334 e. The van der Waals surface area contributed by atoms with Gasteiger partial charge in [0.1, 0.15) is 5.82 Å². The number of carbonyl (C=O) groups excluding carboxylic acids is 1. The molecule has 0 saturated heterocycles. The van der Waals surface area contributed by atoms with Crippen LogP contribution in [0.1, 0.15) is 32.1 Å². The highest BCUT2D eigenvalue weighted by molar-refractivity contribution is 7.89. The highest BCUT2D eigenvalue weighted by Gasteiger charge is 2.18. The van der Waals surface area contributed by atoms with Crippen LogP contribution in [0.2, 0.25) is 0 Å². The van der Waals surface area contributed by atoms with Gasteiger partial charge < -0.3 is 5.32 Å². The summed E-state index contributed by atoms with van der Waals surface area (Å²) >= 11 is 0. The average Bonchev–Trinajstić information content (AvgIpc) is 2.47. The molecule has 1 fully saturated rings. The number of urea groups is 1. The van der Waals surface area contributed by atoms with Crippen molar-refractivity contribution in [2.24, 2.45) is 0 Å². The molecule has 1 aromatic rings. The minimum Gasteiger partial charge on any atom is -0.334 e. The summed E-state index contributed by atoms with van der Waals surface area (Å²) in [6, 6.07) is 3.81. The summed E-state index contributed by atoms with van der Waals surface area (Å²) in [4.78, 5) is 13.5. The molecular formula is C13H18FN3O3S. The minimum absolute atomic E-state index is 0.0778. The zero-order chi connectivity index (χ0) is 15.3. The van der Waals surface area contributed by atoms with Gasteiger partial charge in [0.25, 0.3) is 10.0 Å². The van der Waals surface area contributed by atoms with Crippen molar-refractivity contribution in [2.75, 3.05) is 0 Å². The highest BCUT2D eigenvalue weighted by atomic mass is 32.2. The van der Waals surface area contributed by atoms with E-state index >= 15 is 0 Å². The number of hydrogen-bond donors (Lipinski definition) is 3. The summed E-state index contributed by atoms with van der Waals surface area (Å²) < 4.78 is 36.5. The molecule has 0 atom stereocenters. The molecule has 0 heterocycles. The van der Waals surface area contributed by atoms with Crippen LogP contribution in [0.25, 0.3) is 0 Å². The zero-order valence-electron chi connectivity index (χ0n) is 11.4. The lowest BCUT2D eigenvalue weighted by molar-refractivity contribution is 0.231. The van der Waals surface area contributed by atoms with E-state index in [1.807, 2.05) is 4.83 Å². The lowest BCUT2D eigenvalue weighted by atomic mass is 9.96. The number of carbonyl (C=O) groups is 1. The first-order chi connectivity index (χ1) is 9.97. The summed E-state index contributed by atoms with van der Waals surface area (Å²) in [7, 11) is -3.90. The molecule has 0 bridgehead atoms. The molecule has 1 saturated carbocycles. The first kappa shape index (κ1) is 15.7.